The molecule has 0 aliphatic carbocycles. The predicted molar refractivity (Wildman–Crippen MR) is 53.1 cm³/mol. The summed E-state index contributed by atoms with van der Waals surface area (Å²) >= 11 is 4.23. The first kappa shape index (κ1) is 9.33. The quantitative estimate of drug-likeness (QED) is 0.547. The van der Waals surface area contributed by atoms with E-state index in [0.717, 1.165) is 16.0 Å². The SMILES string of the molecule is CCC(=O)c1ccc(S)c(C)c1. The normalized spacial score (nSPS) is 9.92. The molecule has 0 aliphatic heterocycles. The van der Waals surface area contributed by atoms with Gasteiger partial charge in [0.1, 0.15) is 0 Å². The van der Waals surface area contributed by atoms with Crippen LogP contribution in [-0.4, -0.2) is 5.78 Å². The smallest absolute Gasteiger partial charge is 0.162 e. The van der Waals surface area contributed by atoms with Crippen LogP contribution >= 0.6 is 12.6 Å². The Bertz CT molecular complexity index is 305. The van der Waals surface area contributed by atoms with E-state index in [2.05, 4.69) is 12.6 Å². The number of rotatable bonds is 2. The van der Waals surface area contributed by atoms with Crippen LogP contribution in [-0.2, 0) is 0 Å². The van der Waals surface area contributed by atoms with E-state index in [4.69, 9.17) is 0 Å². The molecule has 0 heterocycles. The van der Waals surface area contributed by atoms with Gasteiger partial charge in [-0.25, -0.2) is 0 Å². The van der Waals surface area contributed by atoms with Crippen molar-refractivity contribution < 1.29 is 4.79 Å². The van der Waals surface area contributed by atoms with Crippen LogP contribution in [0.15, 0.2) is 23.1 Å². The number of aryl methyl sites for hydroxylation is 1. The maximum atomic E-state index is 11.3. The molecule has 0 fully saturated rings. The van der Waals surface area contributed by atoms with Crippen LogP contribution in [0.3, 0.4) is 0 Å². The summed E-state index contributed by atoms with van der Waals surface area (Å²) in [7, 11) is 0. The summed E-state index contributed by atoms with van der Waals surface area (Å²) in [6, 6.07) is 5.57. The largest absolute Gasteiger partial charge is 0.294 e. The number of thiol groups is 1. The van der Waals surface area contributed by atoms with Gasteiger partial charge in [0.25, 0.3) is 0 Å². The molecule has 0 bridgehead atoms. The topological polar surface area (TPSA) is 17.1 Å². The molecule has 64 valence electrons. The molecule has 0 aliphatic rings. The van der Waals surface area contributed by atoms with Crippen molar-refractivity contribution in [3.8, 4) is 0 Å². The van der Waals surface area contributed by atoms with E-state index < -0.39 is 0 Å². The molecule has 0 spiro atoms. The van der Waals surface area contributed by atoms with Crippen molar-refractivity contribution >= 4 is 18.4 Å². The minimum Gasteiger partial charge on any atom is -0.294 e. The first-order chi connectivity index (χ1) is 5.65. The van der Waals surface area contributed by atoms with Crippen molar-refractivity contribution in [2.75, 3.05) is 0 Å². The van der Waals surface area contributed by atoms with Gasteiger partial charge in [0.2, 0.25) is 0 Å². The fraction of sp³-hybridized carbons (Fsp3) is 0.300. The summed E-state index contributed by atoms with van der Waals surface area (Å²) in [5, 5.41) is 0. The van der Waals surface area contributed by atoms with Gasteiger partial charge in [0.15, 0.2) is 5.78 Å². The van der Waals surface area contributed by atoms with E-state index in [9.17, 15) is 4.79 Å². The van der Waals surface area contributed by atoms with Gasteiger partial charge >= 0.3 is 0 Å². The highest BCUT2D eigenvalue weighted by atomic mass is 32.1. The van der Waals surface area contributed by atoms with Crippen LogP contribution in [0.2, 0.25) is 0 Å². The molecule has 0 saturated heterocycles. The molecule has 1 aromatic carbocycles. The fourth-order valence-electron chi connectivity index (χ4n) is 1.03. The summed E-state index contributed by atoms with van der Waals surface area (Å²) in [6.45, 7) is 3.82. The molecule has 0 unspecified atom stereocenters. The Kier molecular flexibility index (Phi) is 2.93. The second-order valence-electron chi connectivity index (χ2n) is 2.78. The predicted octanol–water partition coefficient (Wildman–Crippen LogP) is 2.88. The first-order valence-electron chi connectivity index (χ1n) is 3.98. The first-order valence-corrected chi connectivity index (χ1v) is 4.42. The van der Waals surface area contributed by atoms with Crippen molar-refractivity contribution in [2.45, 2.75) is 25.2 Å². The van der Waals surface area contributed by atoms with E-state index >= 15 is 0 Å². The van der Waals surface area contributed by atoms with Crippen molar-refractivity contribution in [3.05, 3.63) is 29.3 Å². The van der Waals surface area contributed by atoms with E-state index in [1.807, 2.05) is 32.0 Å². The standard InChI is InChI=1S/C10H12OS/c1-3-9(11)8-4-5-10(12)7(2)6-8/h4-6,12H,3H2,1-2H3. The van der Waals surface area contributed by atoms with Gasteiger partial charge in [0, 0.05) is 16.9 Å². The maximum Gasteiger partial charge on any atom is 0.162 e. The van der Waals surface area contributed by atoms with Gasteiger partial charge in [-0.15, -0.1) is 12.6 Å². The molecule has 0 atom stereocenters. The second kappa shape index (κ2) is 3.76. The minimum absolute atomic E-state index is 0.187. The van der Waals surface area contributed by atoms with Crippen LogP contribution in [0.25, 0.3) is 0 Å². The van der Waals surface area contributed by atoms with Gasteiger partial charge in [-0.1, -0.05) is 13.0 Å². The van der Waals surface area contributed by atoms with Crippen LogP contribution < -0.4 is 0 Å². The van der Waals surface area contributed by atoms with Crippen molar-refractivity contribution in [1.82, 2.24) is 0 Å². The lowest BCUT2D eigenvalue weighted by Crippen LogP contribution is -1.96. The Labute approximate surface area is 78.2 Å². The Morgan fingerprint density at radius 3 is 2.67 bits per heavy atom. The Morgan fingerprint density at radius 1 is 1.50 bits per heavy atom. The van der Waals surface area contributed by atoms with Gasteiger partial charge in [-0.05, 0) is 24.6 Å². The van der Waals surface area contributed by atoms with Crippen LogP contribution in [0, 0.1) is 6.92 Å². The number of benzene rings is 1. The average Bonchev–Trinajstić information content (AvgIpc) is 2.08. The summed E-state index contributed by atoms with van der Waals surface area (Å²) in [4.78, 5) is 12.2. The Hall–Kier alpha value is -0.760. The lowest BCUT2D eigenvalue weighted by atomic mass is 10.1. The van der Waals surface area contributed by atoms with Crippen LogP contribution in [0.5, 0.6) is 0 Å². The van der Waals surface area contributed by atoms with E-state index in [0.29, 0.717) is 6.42 Å². The molecule has 0 saturated carbocycles. The minimum atomic E-state index is 0.187. The highest BCUT2D eigenvalue weighted by molar-refractivity contribution is 7.80. The average molecular weight is 180 g/mol. The van der Waals surface area contributed by atoms with Crippen molar-refractivity contribution in [2.24, 2.45) is 0 Å². The number of carbonyl (C=O) groups excluding carboxylic acids is 1. The highest BCUT2D eigenvalue weighted by Gasteiger charge is 2.03. The lowest BCUT2D eigenvalue weighted by molar-refractivity contribution is 0.0988. The molecule has 0 amide bonds. The molecule has 0 aromatic heterocycles. The zero-order chi connectivity index (χ0) is 9.14. The Morgan fingerprint density at radius 2 is 2.17 bits per heavy atom. The molecule has 0 radical (unpaired) electrons. The monoisotopic (exact) mass is 180 g/mol. The third-order valence-electron chi connectivity index (χ3n) is 1.84. The molecule has 1 rings (SSSR count). The molecule has 1 aromatic rings. The summed E-state index contributed by atoms with van der Waals surface area (Å²) in [5.41, 5.74) is 1.84. The van der Waals surface area contributed by atoms with Crippen LogP contribution in [0.4, 0.5) is 0 Å². The maximum absolute atomic E-state index is 11.3. The molecular formula is C10H12OS. The molecule has 12 heavy (non-hydrogen) atoms. The summed E-state index contributed by atoms with van der Waals surface area (Å²) in [6.07, 6.45) is 0.561. The lowest BCUT2D eigenvalue weighted by Gasteiger charge is -2.01. The zero-order valence-electron chi connectivity index (χ0n) is 7.29. The van der Waals surface area contributed by atoms with E-state index in [-0.39, 0.29) is 5.78 Å². The van der Waals surface area contributed by atoms with Crippen molar-refractivity contribution in [1.29, 1.82) is 0 Å². The van der Waals surface area contributed by atoms with Gasteiger partial charge < -0.3 is 0 Å². The third-order valence-corrected chi connectivity index (χ3v) is 2.34. The third kappa shape index (κ3) is 1.89. The fourth-order valence-corrected chi connectivity index (χ4v) is 1.17. The Balaban J connectivity index is 3.05. The summed E-state index contributed by atoms with van der Waals surface area (Å²) in [5.74, 6) is 0.187. The molecular weight excluding hydrogens is 168 g/mol. The number of ketones is 1. The number of hydrogen-bond donors (Lipinski definition) is 1. The number of hydrogen-bond acceptors (Lipinski definition) is 2. The number of Topliss-reactive ketones (excluding diaryl/α,β-unsaturated/α-hetero) is 1. The summed E-state index contributed by atoms with van der Waals surface area (Å²) < 4.78 is 0. The van der Waals surface area contributed by atoms with Crippen molar-refractivity contribution in [3.63, 3.8) is 0 Å². The van der Waals surface area contributed by atoms with Gasteiger partial charge in [-0.3, -0.25) is 4.79 Å². The highest BCUT2D eigenvalue weighted by Crippen LogP contribution is 2.15. The molecule has 1 nitrogen and oxygen atoms in total. The van der Waals surface area contributed by atoms with Gasteiger partial charge in [0.05, 0.1) is 0 Å². The second-order valence-corrected chi connectivity index (χ2v) is 3.26. The zero-order valence-corrected chi connectivity index (χ0v) is 8.19. The van der Waals surface area contributed by atoms with E-state index in [1.54, 1.807) is 0 Å². The molecule has 0 N–H and O–H groups in total. The van der Waals surface area contributed by atoms with Crippen LogP contribution in [0.1, 0.15) is 29.3 Å². The van der Waals surface area contributed by atoms with Gasteiger partial charge in [-0.2, -0.15) is 0 Å². The number of carbonyl (C=O) groups is 1. The van der Waals surface area contributed by atoms with E-state index in [1.165, 1.54) is 0 Å². The molecule has 2 heteroatoms.